The van der Waals surface area contributed by atoms with Crippen LogP contribution in [-0.2, 0) is 9.59 Å². The summed E-state index contributed by atoms with van der Waals surface area (Å²) >= 11 is 0.860. The molecule has 6 nitrogen and oxygen atoms in total. The maximum atomic E-state index is 12.7. The number of phenols is 1. The highest BCUT2D eigenvalue weighted by atomic mass is 32.2. The van der Waals surface area contributed by atoms with Crippen molar-refractivity contribution >= 4 is 40.2 Å². The van der Waals surface area contributed by atoms with Crippen LogP contribution in [0.3, 0.4) is 0 Å². The second-order valence-corrected chi connectivity index (χ2v) is 7.22. The maximum absolute atomic E-state index is 12.7. The zero-order valence-electron chi connectivity index (χ0n) is 14.4. The highest BCUT2D eigenvalue weighted by molar-refractivity contribution is 8.15. The van der Waals surface area contributed by atoms with Crippen molar-refractivity contribution in [3.05, 3.63) is 53.6 Å². The number of hydrogen-bond donors (Lipinski definition) is 2. The standard InChI is InChI=1S/C19H18N2O4S/c1-11-5-3-8-15(12(11)2)21-18(24)16(26-19(21)25)10-17(23)20-13-6-4-7-14(22)9-13/h3-9,16,22H,10H2,1-2H3,(H,20,23). The van der Waals surface area contributed by atoms with Crippen molar-refractivity contribution < 1.29 is 19.5 Å². The Labute approximate surface area is 155 Å². The molecule has 7 heteroatoms. The smallest absolute Gasteiger partial charge is 0.293 e. The van der Waals surface area contributed by atoms with Gasteiger partial charge in [0.05, 0.1) is 5.69 Å². The van der Waals surface area contributed by atoms with Gasteiger partial charge in [0.2, 0.25) is 11.8 Å². The monoisotopic (exact) mass is 370 g/mol. The van der Waals surface area contributed by atoms with Crippen LogP contribution in [0.15, 0.2) is 42.5 Å². The summed E-state index contributed by atoms with van der Waals surface area (Å²) in [4.78, 5) is 38.4. The first-order valence-electron chi connectivity index (χ1n) is 8.06. The number of amides is 3. The number of aromatic hydroxyl groups is 1. The van der Waals surface area contributed by atoms with Crippen LogP contribution >= 0.6 is 11.8 Å². The Morgan fingerprint density at radius 1 is 1.19 bits per heavy atom. The van der Waals surface area contributed by atoms with Gasteiger partial charge in [-0.15, -0.1) is 0 Å². The van der Waals surface area contributed by atoms with E-state index in [1.54, 1.807) is 24.3 Å². The van der Waals surface area contributed by atoms with Crippen molar-refractivity contribution in [2.45, 2.75) is 25.5 Å². The third kappa shape index (κ3) is 3.57. The van der Waals surface area contributed by atoms with Gasteiger partial charge >= 0.3 is 0 Å². The Hall–Kier alpha value is -2.80. The summed E-state index contributed by atoms with van der Waals surface area (Å²) in [6.07, 6.45) is -0.119. The van der Waals surface area contributed by atoms with Gasteiger partial charge in [0.15, 0.2) is 0 Å². The molecule has 2 aromatic carbocycles. The van der Waals surface area contributed by atoms with Crippen LogP contribution in [-0.4, -0.2) is 27.4 Å². The number of carbonyl (C=O) groups excluding carboxylic acids is 3. The number of anilines is 2. The number of rotatable bonds is 4. The van der Waals surface area contributed by atoms with Crippen LogP contribution < -0.4 is 10.2 Å². The molecule has 3 rings (SSSR count). The number of imide groups is 1. The molecular formula is C19H18N2O4S. The number of phenolic OH excluding ortho intramolecular Hbond substituents is 1. The number of nitrogens with zero attached hydrogens (tertiary/aromatic N) is 1. The lowest BCUT2D eigenvalue weighted by Gasteiger charge is -2.17. The summed E-state index contributed by atoms with van der Waals surface area (Å²) in [6.45, 7) is 3.77. The highest BCUT2D eigenvalue weighted by Gasteiger charge is 2.42. The predicted molar refractivity (Wildman–Crippen MR) is 102 cm³/mol. The van der Waals surface area contributed by atoms with Crippen LogP contribution in [0.1, 0.15) is 17.5 Å². The molecule has 0 aliphatic carbocycles. The van der Waals surface area contributed by atoms with Gasteiger partial charge in [-0.3, -0.25) is 14.4 Å². The highest BCUT2D eigenvalue weighted by Crippen LogP contribution is 2.35. The van der Waals surface area contributed by atoms with Crippen molar-refractivity contribution in [2.24, 2.45) is 0 Å². The minimum absolute atomic E-state index is 0.0328. The molecule has 1 aliphatic heterocycles. The molecule has 26 heavy (non-hydrogen) atoms. The minimum atomic E-state index is -0.764. The number of hydrogen-bond acceptors (Lipinski definition) is 5. The molecule has 0 bridgehead atoms. The molecule has 1 saturated heterocycles. The third-order valence-corrected chi connectivity index (χ3v) is 5.28. The fraction of sp³-hybridized carbons (Fsp3) is 0.211. The largest absolute Gasteiger partial charge is 0.508 e. The normalized spacial score (nSPS) is 16.8. The van der Waals surface area contributed by atoms with Gasteiger partial charge in [-0.1, -0.05) is 18.2 Å². The van der Waals surface area contributed by atoms with E-state index in [0.717, 1.165) is 27.8 Å². The number of nitrogens with one attached hydrogen (secondary N) is 1. The average Bonchev–Trinajstić information content (AvgIpc) is 2.84. The van der Waals surface area contributed by atoms with E-state index in [0.29, 0.717) is 11.4 Å². The van der Waals surface area contributed by atoms with Crippen LogP contribution in [0.4, 0.5) is 16.2 Å². The number of thioether (sulfide) groups is 1. The lowest BCUT2D eigenvalue weighted by molar-refractivity contribution is -0.121. The molecule has 1 heterocycles. The Bertz CT molecular complexity index is 897. The Balaban J connectivity index is 1.72. The topological polar surface area (TPSA) is 86.7 Å². The summed E-state index contributed by atoms with van der Waals surface area (Å²) in [6, 6.07) is 11.6. The van der Waals surface area contributed by atoms with Gasteiger partial charge in [-0.25, -0.2) is 4.90 Å². The van der Waals surface area contributed by atoms with Crippen LogP contribution in [0.2, 0.25) is 0 Å². The van der Waals surface area contributed by atoms with E-state index in [-0.39, 0.29) is 23.3 Å². The lowest BCUT2D eigenvalue weighted by Crippen LogP contribution is -2.33. The van der Waals surface area contributed by atoms with E-state index in [1.807, 2.05) is 19.9 Å². The molecule has 134 valence electrons. The second-order valence-electron chi connectivity index (χ2n) is 6.07. The van der Waals surface area contributed by atoms with E-state index >= 15 is 0 Å². The van der Waals surface area contributed by atoms with Crippen molar-refractivity contribution in [1.29, 1.82) is 0 Å². The maximum Gasteiger partial charge on any atom is 0.293 e. The van der Waals surface area contributed by atoms with Crippen LogP contribution in [0, 0.1) is 13.8 Å². The van der Waals surface area contributed by atoms with E-state index in [4.69, 9.17) is 0 Å². The van der Waals surface area contributed by atoms with E-state index in [9.17, 15) is 19.5 Å². The summed E-state index contributed by atoms with van der Waals surface area (Å²) in [7, 11) is 0. The summed E-state index contributed by atoms with van der Waals surface area (Å²) in [5, 5.41) is 10.9. The quantitative estimate of drug-likeness (QED) is 0.859. The van der Waals surface area contributed by atoms with E-state index < -0.39 is 11.2 Å². The first kappa shape index (κ1) is 18.0. The molecule has 1 aliphatic rings. The summed E-state index contributed by atoms with van der Waals surface area (Å²) < 4.78 is 0. The Morgan fingerprint density at radius 2 is 1.92 bits per heavy atom. The SMILES string of the molecule is Cc1cccc(N2C(=O)SC(CC(=O)Nc3cccc(O)c3)C2=O)c1C. The molecule has 0 radical (unpaired) electrons. The van der Waals surface area contributed by atoms with E-state index in [1.165, 1.54) is 12.1 Å². The van der Waals surface area contributed by atoms with E-state index in [2.05, 4.69) is 5.32 Å². The van der Waals surface area contributed by atoms with Gasteiger partial charge in [-0.05, 0) is 54.9 Å². The molecule has 1 unspecified atom stereocenters. The summed E-state index contributed by atoms with van der Waals surface area (Å²) in [5.41, 5.74) is 2.84. The summed E-state index contributed by atoms with van der Waals surface area (Å²) in [5.74, 6) is -0.748. The van der Waals surface area contributed by atoms with Crippen molar-refractivity contribution in [2.75, 3.05) is 10.2 Å². The molecule has 0 saturated carbocycles. The van der Waals surface area contributed by atoms with Gasteiger partial charge in [0, 0.05) is 18.2 Å². The molecule has 2 aromatic rings. The molecule has 0 spiro atoms. The molecule has 1 atom stereocenters. The predicted octanol–water partition coefficient (Wildman–Crippen LogP) is 3.61. The molecule has 1 fully saturated rings. The van der Waals surface area contributed by atoms with Crippen LogP contribution in [0.25, 0.3) is 0 Å². The van der Waals surface area contributed by atoms with Crippen LogP contribution in [0.5, 0.6) is 5.75 Å². The number of aryl methyl sites for hydroxylation is 1. The fourth-order valence-corrected chi connectivity index (χ4v) is 3.72. The number of carbonyl (C=O) groups is 3. The molecule has 3 amide bonds. The van der Waals surface area contributed by atoms with Crippen molar-refractivity contribution in [3.63, 3.8) is 0 Å². The van der Waals surface area contributed by atoms with Gasteiger partial charge in [0.25, 0.3) is 5.24 Å². The first-order valence-corrected chi connectivity index (χ1v) is 8.94. The average molecular weight is 370 g/mol. The zero-order valence-corrected chi connectivity index (χ0v) is 15.2. The molecular weight excluding hydrogens is 352 g/mol. The minimum Gasteiger partial charge on any atom is -0.508 e. The van der Waals surface area contributed by atoms with Gasteiger partial charge in [0.1, 0.15) is 11.0 Å². The fourth-order valence-electron chi connectivity index (χ4n) is 2.75. The third-order valence-electron chi connectivity index (χ3n) is 4.24. The second kappa shape index (κ2) is 7.21. The van der Waals surface area contributed by atoms with Crippen molar-refractivity contribution in [1.82, 2.24) is 0 Å². The Kier molecular flexibility index (Phi) is 4.99. The van der Waals surface area contributed by atoms with Gasteiger partial charge < -0.3 is 10.4 Å². The molecule has 0 aromatic heterocycles. The first-order chi connectivity index (χ1) is 12.4. The zero-order chi connectivity index (χ0) is 18.8. The van der Waals surface area contributed by atoms with Gasteiger partial charge in [-0.2, -0.15) is 0 Å². The lowest BCUT2D eigenvalue weighted by atomic mass is 10.1. The van der Waals surface area contributed by atoms with Crippen molar-refractivity contribution in [3.8, 4) is 5.75 Å². The molecule has 2 N–H and O–H groups in total. The number of benzene rings is 2. The Morgan fingerprint density at radius 3 is 2.65 bits per heavy atom.